The quantitative estimate of drug-likeness (QED) is 0.429. The van der Waals surface area contributed by atoms with Crippen LogP contribution in [0.3, 0.4) is 0 Å². The second-order valence-electron chi connectivity index (χ2n) is 6.84. The van der Waals surface area contributed by atoms with Gasteiger partial charge < -0.3 is 10.6 Å². The van der Waals surface area contributed by atoms with Crippen LogP contribution in [-0.2, 0) is 9.59 Å². The molecule has 0 aliphatic carbocycles. The Bertz CT molecular complexity index is 1330. The molecule has 1 aliphatic heterocycles. The maximum atomic E-state index is 14.1. The second-order valence-corrected chi connectivity index (χ2v) is 8.01. The first-order valence-electron chi connectivity index (χ1n) is 9.43. The molecule has 1 aliphatic rings. The van der Waals surface area contributed by atoms with E-state index in [1.807, 2.05) is 0 Å². The third kappa shape index (κ3) is 4.43. The molecular formula is C23H13Cl3FN3O3. The number of halogens is 4. The van der Waals surface area contributed by atoms with E-state index < -0.39 is 23.5 Å². The minimum atomic E-state index is -0.844. The van der Waals surface area contributed by atoms with Crippen molar-refractivity contribution < 1.29 is 18.8 Å². The van der Waals surface area contributed by atoms with Crippen molar-refractivity contribution in [1.29, 1.82) is 0 Å². The zero-order valence-electron chi connectivity index (χ0n) is 16.5. The molecule has 0 bridgehead atoms. The Morgan fingerprint density at radius 3 is 2.24 bits per heavy atom. The Morgan fingerprint density at radius 1 is 0.848 bits per heavy atom. The zero-order valence-corrected chi connectivity index (χ0v) is 18.8. The Balaban J connectivity index is 1.50. The van der Waals surface area contributed by atoms with Crippen LogP contribution in [0.15, 0.2) is 77.5 Å². The number of nitrogens with zero attached hydrogens (tertiary/aromatic N) is 1. The SMILES string of the molecule is O=C(Nc1cccc(Cl)c1Cl)c1ccc(NC2=C(Cl)C(=O)N(c3ccccc3F)C2=O)cc1. The minimum absolute atomic E-state index is 0.200. The average molecular weight is 505 g/mol. The van der Waals surface area contributed by atoms with Gasteiger partial charge in [-0.2, -0.15) is 0 Å². The first kappa shape index (κ1) is 22.8. The predicted molar refractivity (Wildman–Crippen MR) is 126 cm³/mol. The lowest BCUT2D eigenvalue weighted by molar-refractivity contribution is -0.120. The molecule has 2 N–H and O–H groups in total. The third-order valence-corrected chi connectivity index (χ3v) is 5.91. The van der Waals surface area contributed by atoms with Gasteiger partial charge in [0.15, 0.2) is 0 Å². The molecule has 0 atom stereocenters. The summed E-state index contributed by atoms with van der Waals surface area (Å²) < 4.78 is 14.1. The molecule has 3 aromatic carbocycles. The van der Waals surface area contributed by atoms with E-state index in [-0.39, 0.29) is 21.4 Å². The van der Waals surface area contributed by atoms with Crippen LogP contribution in [0.1, 0.15) is 10.4 Å². The van der Waals surface area contributed by atoms with Crippen molar-refractivity contribution in [3.8, 4) is 0 Å². The highest BCUT2D eigenvalue weighted by Gasteiger charge is 2.40. The standard InChI is InChI=1S/C23H13Cl3FN3O3/c24-14-4-3-6-16(18(14)25)29-21(31)12-8-10-13(11-9-12)28-20-19(26)22(32)30(23(20)33)17-7-2-1-5-15(17)27/h1-11,28H,(H,29,31). The number of amides is 3. The molecule has 1 heterocycles. The number of hydrogen-bond donors (Lipinski definition) is 2. The molecule has 33 heavy (non-hydrogen) atoms. The van der Waals surface area contributed by atoms with Gasteiger partial charge in [-0.3, -0.25) is 14.4 Å². The van der Waals surface area contributed by atoms with E-state index in [1.165, 1.54) is 42.5 Å². The number of imide groups is 1. The lowest BCUT2D eigenvalue weighted by atomic mass is 10.2. The van der Waals surface area contributed by atoms with Crippen LogP contribution in [0.25, 0.3) is 0 Å². The highest BCUT2D eigenvalue weighted by atomic mass is 35.5. The van der Waals surface area contributed by atoms with Crippen LogP contribution in [-0.4, -0.2) is 17.7 Å². The number of benzene rings is 3. The van der Waals surface area contributed by atoms with E-state index in [2.05, 4.69) is 10.6 Å². The van der Waals surface area contributed by atoms with E-state index in [0.717, 1.165) is 6.07 Å². The van der Waals surface area contributed by atoms with Crippen molar-refractivity contribution in [3.63, 3.8) is 0 Å². The van der Waals surface area contributed by atoms with Gasteiger partial charge in [-0.05, 0) is 48.5 Å². The average Bonchev–Trinajstić information content (AvgIpc) is 3.01. The van der Waals surface area contributed by atoms with Gasteiger partial charge in [-0.1, -0.05) is 53.0 Å². The van der Waals surface area contributed by atoms with Gasteiger partial charge in [0.25, 0.3) is 17.7 Å². The fraction of sp³-hybridized carbons (Fsp3) is 0. The van der Waals surface area contributed by atoms with Crippen LogP contribution >= 0.6 is 34.8 Å². The van der Waals surface area contributed by atoms with Gasteiger partial charge in [0.1, 0.15) is 16.5 Å². The molecule has 0 spiro atoms. The second kappa shape index (κ2) is 9.23. The molecule has 6 nitrogen and oxygen atoms in total. The van der Waals surface area contributed by atoms with Crippen LogP contribution < -0.4 is 15.5 Å². The summed E-state index contributed by atoms with van der Waals surface area (Å²) in [5.74, 6) is -2.81. The molecule has 0 aromatic heterocycles. The molecule has 3 aromatic rings. The van der Waals surface area contributed by atoms with E-state index in [0.29, 0.717) is 26.9 Å². The van der Waals surface area contributed by atoms with Gasteiger partial charge in [-0.15, -0.1) is 0 Å². The monoisotopic (exact) mass is 503 g/mol. The molecule has 0 saturated carbocycles. The van der Waals surface area contributed by atoms with Crippen molar-refractivity contribution in [3.05, 3.63) is 98.9 Å². The highest BCUT2D eigenvalue weighted by Crippen LogP contribution is 2.32. The molecule has 4 rings (SSSR count). The summed E-state index contributed by atoms with van der Waals surface area (Å²) in [5, 5.41) is 5.58. The lowest BCUT2D eigenvalue weighted by Crippen LogP contribution is -2.33. The summed E-state index contributed by atoms with van der Waals surface area (Å²) in [5.41, 5.74) is 0.647. The molecule has 0 unspecified atom stereocenters. The number of rotatable bonds is 5. The summed E-state index contributed by atoms with van der Waals surface area (Å²) in [7, 11) is 0. The summed E-state index contributed by atoms with van der Waals surface area (Å²) in [6.07, 6.45) is 0. The summed E-state index contributed by atoms with van der Waals surface area (Å²) in [6, 6.07) is 16.3. The normalized spacial score (nSPS) is 13.5. The van der Waals surface area contributed by atoms with Gasteiger partial charge in [-0.25, -0.2) is 9.29 Å². The summed E-state index contributed by atoms with van der Waals surface area (Å²) in [4.78, 5) is 38.4. The van der Waals surface area contributed by atoms with Crippen molar-refractivity contribution in [1.82, 2.24) is 0 Å². The van der Waals surface area contributed by atoms with Gasteiger partial charge in [0.05, 0.1) is 21.4 Å². The molecule has 3 amide bonds. The predicted octanol–water partition coefficient (Wildman–Crippen LogP) is 5.82. The smallest absolute Gasteiger partial charge is 0.283 e. The molecule has 0 saturated heterocycles. The Labute approximate surface area is 202 Å². The van der Waals surface area contributed by atoms with Crippen LogP contribution in [0.5, 0.6) is 0 Å². The molecular weight excluding hydrogens is 492 g/mol. The fourth-order valence-corrected chi connectivity index (χ4v) is 3.67. The van der Waals surface area contributed by atoms with E-state index in [4.69, 9.17) is 34.8 Å². The number of carbonyl (C=O) groups is 3. The summed E-state index contributed by atoms with van der Waals surface area (Å²) in [6.45, 7) is 0. The van der Waals surface area contributed by atoms with Crippen molar-refractivity contribution in [2.24, 2.45) is 0 Å². The number of carbonyl (C=O) groups excluding carboxylic acids is 3. The molecule has 0 radical (unpaired) electrons. The molecule has 10 heteroatoms. The number of hydrogen-bond acceptors (Lipinski definition) is 4. The van der Waals surface area contributed by atoms with Crippen molar-refractivity contribution in [2.75, 3.05) is 15.5 Å². The Morgan fingerprint density at radius 2 is 1.55 bits per heavy atom. The molecule has 166 valence electrons. The first-order chi connectivity index (χ1) is 15.8. The van der Waals surface area contributed by atoms with Crippen LogP contribution in [0.2, 0.25) is 10.0 Å². The van der Waals surface area contributed by atoms with Crippen LogP contribution in [0, 0.1) is 5.82 Å². The maximum absolute atomic E-state index is 14.1. The minimum Gasteiger partial charge on any atom is -0.350 e. The maximum Gasteiger partial charge on any atom is 0.283 e. The van der Waals surface area contributed by atoms with Crippen LogP contribution in [0.4, 0.5) is 21.5 Å². The van der Waals surface area contributed by atoms with Crippen molar-refractivity contribution >= 4 is 69.6 Å². The van der Waals surface area contributed by atoms with E-state index in [9.17, 15) is 18.8 Å². The topological polar surface area (TPSA) is 78.5 Å². The fourth-order valence-electron chi connectivity index (χ4n) is 3.11. The van der Waals surface area contributed by atoms with Gasteiger partial charge in [0, 0.05) is 11.3 Å². The largest absolute Gasteiger partial charge is 0.350 e. The first-order valence-corrected chi connectivity index (χ1v) is 10.6. The number of anilines is 3. The lowest BCUT2D eigenvalue weighted by Gasteiger charge is -2.15. The summed E-state index contributed by atoms with van der Waals surface area (Å²) >= 11 is 18.1. The third-order valence-electron chi connectivity index (χ3n) is 4.74. The van der Waals surface area contributed by atoms with Crippen molar-refractivity contribution in [2.45, 2.75) is 0 Å². The van der Waals surface area contributed by atoms with E-state index >= 15 is 0 Å². The Hall–Kier alpha value is -3.39. The van der Waals surface area contributed by atoms with E-state index in [1.54, 1.807) is 18.2 Å². The number of nitrogens with one attached hydrogen (secondary N) is 2. The van der Waals surface area contributed by atoms with Gasteiger partial charge >= 0.3 is 0 Å². The Kier molecular flexibility index (Phi) is 6.37. The zero-order chi connectivity index (χ0) is 23.7. The van der Waals surface area contributed by atoms with Gasteiger partial charge in [0.2, 0.25) is 0 Å². The molecule has 0 fully saturated rings. The highest BCUT2D eigenvalue weighted by molar-refractivity contribution is 6.53. The number of para-hydroxylation sites is 1.